The summed E-state index contributed by atoms with van der Waals surface area (Å²) >= 11 is 1.40. The van der Waals surface area contributed by atoms with Gasteiger partial charge < -0.3 is 23.5 Å². The number of aromatic nitrogens is 1. The standard InChI is InChI=1S/C23H26N2O5S/c1-6-11-25-16-13-18(27-4)19(28-5)14-21(16)31-23(25)24-22(26)15-9-10-17(29-7-2)20(12-15)30-8-3/h6,9-10,12-14H,1,7-8,11H2,2-5H3. The van der Waals surface area contributed by atoms with Gasteiger partial charge in [-0.05, 0) is 32.0 Å². The number of benzene rings is 2. The maximum absolute atomic E-state index is 13.0. The second kappa shape index (κ2) is 10.2. The number of fused-ring (bicyclic) bond motifs is 1. The molecule has 2 aromatic carbocycles. The van der Waals surface area contributed by atoms with E-state index in [4.69, 9.17) is 18.9 Å². The predicted octanol–water partition coefficient (Wildman–Crippen LogP) is 4.44. The number of nitrogens with zero attached hydrogens (tertiary/aromatic N) is 2. The Hall–Kier alpha value is -3.26. The van der Waals surface area contributed by atoms with E-state index < -0.39 is 0 Å². The van der Waals surface area contributed by atoms with E-state index in [-0.39, 0.29) is 5.91 Å². The van der Waals surface area contributed by atoms with Gasteiger partial charge in [0.05, 0.1) is 37.6 Å². The van der Waals surface area contributed by atoms with Crippen molar-refractivity contribution < 1.29 is 23.7 Å². The highest BCUT2D eigenvalue weighted by Crippen LogP contribution is 2.33. The summed E-state index contributed by atoms with van der Waals surface area (Å²) < 4.78 is 24.9. The molecule has 3 aromatic rings. The van der Waals surface area contributed by atoms with E-state index in [2.05, 4.69) is 11.6 Å². The van der Waals surface area contributed by atoms with E-state index in [9.17, 15) is 4.79 Å². The Morgan fingerprint density at radius 3 is 2.35 bits per heavy atom. The number of allylic oxidation sites excluding steroid dienone is 1. The molecule has 7 nitrogen and oxygen atoms in total. The Morgan fingerprint density at radius 2 is 1.71 bits per heavy atom. The Labute approximate surface area is 185 Å². The molecule has 0 bridgehead atoms. The monoisotopic (exact) mass is 442 g/mol. The van der Waals surface area contributed by atoms with Crippen molar-refractivity contribution in [1.29, 1.82) is 0 Å². The first-order chi connectivity index (χ1) is 15.1. The van der Waals surface area contributed by atoms with Gasteiger partial charge in [0.1, 0.15) is 0 Å². The van der Waals surface area contributed by atoms with Crippen molar-refractivity contribution in [2.24, 2.45) is 4.99 Å². The van der Waals surface area contributed by atoms with Gasteiger partial charge in [0.25, 0.3) is 5.91 Å². The van der Waals surface area contributed by atoms with Crippen molar-refractivity contribution in [3.8, 4) is 23.0 Å². The molecule has 31 heavy (non-hydrogen) atoms. The number of carbonyl (C=O) groups excluding carboxylic acids is 1. The third-order valence-electron chi connectivity index (χ3n) is 4.49. The van der Waals surface area contributed by atoms with E-state index in [0.29, 0.717) is 53.1 Å². The normalized spacial score (nSPS) is 11.4. The summed E-state index contributed by atoms with van der Waals surface area (Å²) in [5, 5.41) is 0. The molecule has 164 valence electrons. The molecule has 0 aliphatic carbocycles. The minimum Gasteiger partial charge on any atom is -0.493 e. The summed E-state index contributed by atoms with van der Waals surface area (Å²) in [5.41, 5.74) is 1.31. The third kappa shape index (κ3) is 4.74. The van der Waals surface area contributed by atoms with Crippen LogP contribution in [-0.2, 0) is 6.54 Å². The summed E-state index contributed by atoms with van der Waals surface area (Å²) in [6, 6.07) is 8.84. The van der Waals surface area contributed by atoms with Gasteiger partial charge in [-0.3, -0.25) is 4.79 Å². The number of hydrogen-bond donors (Lipinski definition) is 0. The summed E-state index contributed by atoms with van der Waals surface area (Å²) in [7, 11) is 3.18. The molecule has 0 atom stereocenters. The molecule has 0 unspecified atom stereocenters. The van der Waals surface area contributed by atoms with Gasteiger partial charge in [0.2, 0.25) is 0 Å². The zero-order valence-electron chi connectivity index (χ0n) is 18.1. The molecular weight excluding hydrogens is 416 g/mol. The molecule has 0 radical (unpaired) electrons. The zero-order valence-corrected chi connectivity index (χ0v) is 19.0. The van der Waals surface area contributed by atoms with Crippen LogP contribution in [0.15, 0.2) is 48.0 Å². The quantitative estimate of drug-likeness (QED) is 0.458. The van der Waals surface area contributed by atoms with Crippen LogP contribution in [0.25, 0.3) is 10.2 Å². The fourth-order valence-electron chi connectivity index (χ4n) is 3.12. The van der Waals surface area contributed by atoms with Gasteiger partial charge in [-0.2, -0.15) is 4.99 Å². The fourth-order valence-corrected chi connectivity index (χ4v) is 4.17. The molecule has 3 rings (SSSR count). The average Bonchev–Trinajstić information content (AvgIpc) is 3.10. The maximum Gasteiger partial charge on any atom is 0.279 e. The van der Waals surface area contributed by atoms with Gasteiger partial charge in [-0.15, -0.1) is 6.58 Å². The largest absolute Gasteiger partial charge is 0.493 e. The number of rotatable bonds is 9. The highest BCUT2D eigenvalue weighted by Gasteiger charge is 2.15. The van der Waals surface area contributed by atoms with E-state index in [1.807, 2.05) is 30.5 Å². The third-order valence-corrected chi connectivity index (χ3v) is 5.53. The van der Waals surface area contributed by atoms with Crippen LogP contribution >= 0.6 is 11.3 Å². The van der Waals surface area contributed by atoms with Crippen molar-refractivity contribution in [3.63, 3.8) is 0 Å². The highest BCUT2D eigenvalue weighted by atomic mass is 32.1. The van der Waals surface area contributed by atoms with Crippen molar-refractivity contribution in [2.45, 2.75) is 20.4 Å². The Bertz CT molecular complexity index is 1160. The van der Waals surface area contributed by atoms with Crippen molar-refractivity contribution in [3.05, 3.63) is 53.4 Å². The lowest BCUT2D eigenvalue weighted by molar-refractivity contribution is 0.0997. The molecule has 0 saturated heterocycles. The fraction of sp³-hybridized carbons (Fsp3) is 0.304. The molecule has 0 fully saturated rings. The second-order valence-corrected chi connectivity index (χ2v) is 7.41. The molecule has 0 saturated carbocycles. The molecule has 1 aromatic heterocycles. The first-order valence-corrected chi connectivity index (χ1v) is 10.7. The number of hydrogen-bond acceptors (Lipinski definition) is 6. The number of thiazole rings is 1. The maximum atomic E-state index is 13.0. The molecular formula is C23H26N2O5S. The number of carbonyl (C=O) groups is 1. The van der Waals surface area contributed by atoms with Gasteiger partial charge >= 0.3 is 0 Å². The van der Waals surface area contributed by atoms with Crippen LogP contribution in [0.2, 0.25) is 0 Å². The predicted molar refractivity (Wildman–Crippen MR) is 122 cm³/mol. The lowest BCUT2D eigenvalue weighted by Gasteiger charge is -2.11. The zero-order chi connectivity index (χ0) is 22.4. The highest BCUT2D eigenvalue weighted by molar-refractivity contribution is 7.16. The summed E-state index contributed by atoms with van der Waals surface area (Å²) in [6.45, 7) is 9.07. The van der Waals surface area contributed by atoms with Crippen molar-refractivity contribution in [2.75, 3.05) is 27.4 Å². The first kappa shape index (κ1) is 22.4. The van der Waals surface area contributed by atoms with E-state index >= 15 is 0 Å². The molecule has 1 amide bonds. The van der Waals surface area contributed by atoms with Crippen LogP contribution in [0, 0.1) is 0 Å². The molecule has 0 aliphatic heterocycles. The van der Waals surface area contributed by atoms with Crippen molar-refractivity contribution >= 4 is 27.5 Å². The SMILES string of the molecule is C=CCn1c(=NC(=O)c2ccc(OCC)c(OCC)c2)sc2cc(OC)c(OC)cc21. The number of methoxy groups -OCH3 is 2. The minimum absolute atomic E-state index is 0.368. The van der Waals surface area contributed by atoms with Crippen LogP contribution in [0.4, 0.5) is 0 Å². The lowest BCUT2D eigenvalue weighted by atomic mass is 10.2. The number of ether oxygens (including phenoxy) is 4. The van der Waals surface area contributed by atoms with E-state index in [1.165, 1.54) is 11.3 Å². The molecule has 1 heterocycles. The molecule has 0 spiro atoms. The van der Waals surface area contributed by atoms with Gasteiger partial charge in [-0.1, -0.05) is 17.4 Å². The smallest absolute Gasteiger partial charge is 0.279 e. The topological polar surface area (TPSA) is 71.3 Å². The minimum atomic E-state index is -0.368. The Kier molecular flexibility index (Phi) is 7.36. The second-order valence-electron chi connectivity index (χ2n) is 6.40. The van der Waals surface area contributed by atoms with Crippen LogP contribution in [0.3, 0.4) is 0 Å². The van der Waals surface area contributed by atoms with Crippen molar-refractivity contribution in [1.82, 2.24) is 4.57 Å². The summed E-state index contributed by atoms with van der Waals surface area (Å²) in [6.07, 6.45) is 1.76. The molecule has 8 heteroatoms. The van der Waals surface area contributed by atoms with Crippen LogP contribution in [0.5, 0.6) is 23.0 Å². The Morgan fingerprint density at radius 1 is 1.03 bits per heavy atom. The van der Waals surface area contributed by atoms with Crippen LogP contribution < -0.4 is 23.7 Å². The van der Waals surface area contributed by atoms with Crippen LogP contribution in [-0.4, -0.2) is 37.9 Å². The summed E-state index contributed by atoms with van der Waals surface area (Å²) in [4.78, 5) is 17.9. The number of amides is 1. The molecule has 0 aliphatic rings. The van der Waals surface area contributed by atoms with E-state index in [1.54, 1.807) is 38.5 Å². The van der Waals surface area contributed by atoms with Gasteiger partial charge in [-0.25, -0.2) is 0 Å². The first-order valence-electron chi connectivity index (χ1n) is 9.91. The summed E-state index contributed by atoms with van der Waals surface area (Å²) in [5.74, 6) is 1.98. The molecule has 0 N–H and O–H groups in total. The van der Waals surface area contributed by atoms with Crippen LogP contribution in [0.1, 0.15) is 24.2 Å². The van der Waals surface area contributed by atoms with E-state index in [0.717, 1.165) is 10.2 Å². The Balaban J connectivity index is 2.10. The average molecular weight is 443 g/mol. The van der Waals surface area contributed by atoms with Gasteiger partial charge in [0.15, 0.2) is 27.8 Å². The lowest BCUT2D eigenvalue weighted by Crippen LogP contribution is -2.16. The van der Waals surface area contributed by atoms with Gasteiger partial charge in [0, 0.05) is 24.2 Å².